The highest BCUT2D eigenvalue weighted by Crippen LogP contribution is 2.05. The van der Waals surface area contributed by atoms with Gasteiger partial charge in [0.1, 0.15) is 5.15 Å². The Hall–Kier alpha value is -1.17. The summed E-state index contributed by atoms with van der Waals surface area (Å²) in [5, 5.41) is 3.29. The second-order valence-corrected chi connectivity index (χ2v) is 5.17. The van der Waals surface area contributed by atoms with Gasteiger partial charge in [-0.3, -0.25) is 9.69 Å². The molecule has 1 saturated heterocycles. The van der Waals surface area contributed by atoms with Crippen LogP contribution in [0, 0.1) is 0 Å². The van der Waals surface area contributed by atoms with Crippen LogP contribution in [0.1, 0.15) is 23.2 Å². The quantitative estimate of drug-likeness (QED) is 0.640. The fourth-order valence-corrected chi connectivity index (χ4v) is 2.21. The van der Waals surface area contributed by atoms with Crippen molar-refractivity contribution in [2.75, 3.05) is 39.4 Å². The predicted molar refractivity (Wildman–Crippen MR) is 78.1 cm³/mol. The van der Waals surface area contributed by atoms with Crippen molar-refractivity contribution in [3.8, 4) is 0 Å². The second kappa shape index (κ2) is 8.19. The Bertz CT molecular complexity index is 419. The zero-order chi connectivity index (χ0) is 14.2. The van der Waals surface area contributed by atoms with E-state index < -0.39 is 0 Å². The number of pyridine rings is 1. The van der Waals surface area contributed by atoms with E-state index in [2.05, 4.69) is 15.2 Å². The maximum atomic E-state index is 11.8. The molecule has 0 aromatic carbocycles. The molecule has 1 aliphatic heterocycles. The van der Waals surface area contributed by atoms with Crippen molar-refractivity contribution < 1.29 is 9.53 Å². The molecule has 2 heterocycles. The van der Waals surface area contributed by atoms with Gasteiger partial charge in [-0.05, 0) is 31.5 Å². The number of aromatic nitrogens is 1. The molecular weight excluding hydrogens is 278 g/mol. The molecule has 0 aliphatic carbocycles. The summed E-state index contributed by atoms with van der Waals surface area (Å²) in [6.07, 6.45) is 3.55. The number of hydrogen-bond donors (Lipinski definition) is 1. The molecule has 2 rings (SSSR count). The number of unbranched alkanes of at least 4 members (excludes halogenated alkanes) is 1. The van der Waals surface area contributed by atoms with Crippen LogP contribution in [0.3, 0.4) is 0 Å². The van der Waals surface area contributed by atoms with E-state index in [1.54, 1.807) is 12.1 Å². The summed E-state index contributed by atoms with van der Waals surface area (Å²) in [5.74, 6) is -0.0967. The van der Waals surface area contributed by atoms with Crippen molar-refractivity contribution in [3.63, 3.8) is 0 Å². The standard InChI is InChI=1S/C14H20ClN3O2/c15-13-4-3-12(11-17-13)14(19)16-5-1-2-6-18-7-9-20-10-8-18/h3-4,11H,1-2,5-10H2,(H,16,19). The molecule has 1 aromatic heterocycles. The van der Waals surface area contributed by atoms with Crippen molar-refractivity contribution in [1.29, 1.82) is 0 Å². The van der Waals surface area contributed by atoms with E-state index in [-0.39, 0.29) is 5.91 Å². The van der Waals surface area contributed by atoms with Crippen molar-refractivity contribution in [1.82, 2.24) is 15.2 Å². The van der Waals surface area contributed by atoms with E-state index in [4.69, 9.17) is 16.3 Å². The minimum atomic E-state index is -0.0967. The average Bonchev–Trinajstić information content (AvgIpc) is 2.48. The van der Waals surface area contributed by atoms with Crippen molar-refractivity contribution in [2.45, 2.75) is 12.8 Å². The molecule has 20 heavy (non-hydrogen) atoms. The molecule has 0 unspecified atom stereocenters. The Labute approximate surface area is 124 Å². The molecule has 0 radical (unpaired) electrons. The van der Waals surface area contributed by atoms with E-state index in [1.165, 1.54) is 6.20 Å². The summed E-state index contributed by atoms with van der Waals surface area (Å²) in [6, 6.07) is 3.30. The molecule has 1 N–H and O–H groups in total. The zero-order valence-electron chi connectivity index (χ0n) is 11.5. The molecule has 0 spiro atoms. The summed E-state index contributed by atoms with van der Waals surface area (Å²) in [7, 11) is 0. The van der Waals surface area contributed by atoms with Crippen LogP contribution >= 0.6 is 11.6 Å². The molecule has 5 nitrogen and oxygen atoms in total. The molecule has 0 bridgehead atoms. The number of hydrogen-bond acceptors (Lipinski definition) is 4. The fraction of sp³-hybridized carbons (Fsp3) is 0.571. The predicted octanol–water partition coefficient (Wildman–Crippen LogP) is 1.58. The minimum Gasteiger partial charge on any atom is -0.379 e. The van der Waals surface area contributed by atoms with Crippen molar-refractivity contribution in [3.05, 3.63) is 29.0 Å². The van der Waals surface area contributed by atoms with E-state index in [0.29, 0.717) is 17.3 Å². The SMILES string of the molecule is O=C(NCCCCN1CCOCC1)c1ccc(Cl)nc1. The first-order chi connectivity index (χ1) is 9.75. The largest absolute Gasteiger partial charge is 0.379 e. The van der Waals surface area contributed by atoms with E-state index in [1.807, 2.05) is 0 Å². The molecule has 1 fully saturated rings. The molecule has 1 aromatic rings. The number of nitrogens with zero attached hydrogens (tertiary/aromatic N) is 2. The lowest BCUT2D eigenvalue weighted by molar-refractivity contribution is 0.0372. The maximum Gasteiger partial charge on any atom is 0.252 e. The molecule has 1 amide bonds. The third kappa shape index (κ3) is 5.07. The second-order valence-electron chi connectivity index (χ2n) is 4.79. The lowest BCUT2D eigenvalue weighted by Crippen LogP contribution is -2.37. The van der Waals surface area contributed by atoms with Gasteiger partial charge in [-0.1, -0.05) is 11.6 Å². The molecular formula is C14H20ClN3O2. The van der Waals surface area contributed by atoms with Crippen LogP contribution in [0.5, 0.6) is 0 Å². The van der Waals surface area contributed by atoms with Crippen molar-refractivity contribution in [2.24, 2.45) is 0 Å². The van der Waals surface area contributed by atoms with E-state index in [9.17, 15) is 4.79 Å². The van der Waals surface area contributed by atoms with Crippen LogP contribution in [0.2, 0.25) is 5.15 Å². The van der Waals surface area contributed by atoms with E-state index in [0.717, 1.165) is 45.7 Å². The number of carbonyl (C=O) groups excluding carboxylic acids is 1. The van der Waals surface area contributed by atoms with Crippen molar-refractivity contribution >= 4 is 17.5 Å². The highest BCUT2D eigenvalue weighted by molar-refractivity contribution is 6.29. The van der Waals surface area contributed by atoms with Crippen LogP contribution in [0.4, 0.5) is 0 Å². The first-order valence-electron chi connectivity index (χ1n) is 6.95. The number of ether oxygens (including phenoxy) is 1. The van der Waals surface area contributed by atoms with Gasteiger partial charge in [-0.15, -0.1) is 0 Å². The summed E-state index contributed by atoms with van der Waals surface area (Å²) in [5.41, 5.74) is 0.544. The minimum absolute atomic E-state index is 0.0967. The summed E-state index contributed by atoms with van der Waals surface area (Å²) in [6.45, 7) is 5.46. The molecule has 0 saturated carbocycles. The maximum absolute atomic E-state index is 11.8. The normalized spacial score (nSPS) is 16.1. The Morgan fingerprint density at radius 3 is 2.85 bits per heavy atom. The molecule has 6 heteroatoms. The topological polar surface area (TPSA) is 54.5 Å². The highest BCUT2D eigenvalue weighted by atomic mass is 35.5. The van der Waals surface area contributed by atoms with Crippen LogP contribution in [0.15, 0.2) is 18.3 Å². The molecule has 0 atom stereocenters. The van der Waals surface area contributed by atoms with Crippen LogP contribution in [-0.2, 0) is 4.74 Å². The Morgan fingerprint density at radius 2 is 2.15 bits per heavy atom. The first-order valence-corrected chi connectivity index (χ1v) is 7.33. The van der Waals surface area contributed by atoms with Gasteiger partial charge in [0.25, 0.3) is 5.91 Å². The summed E-state index contributed by atoms with van der Waals surface area (Å²) in [4.78, 5) is 18.1. The van der Waals surface area contributed by atoms with Gasteiger partial charge in [0, 0.05) is 25.8 Å². The molecule has 110 valence electrons. The van der Waals surface area contributed by atoms with Gasteiger partial charge >= 0.3 is 0 Å². The summed E-state index contributed by atoms with van der Waals surface area (Å²) >= 11 is 5.68. The van der Waals surface area contributed by atoms with Crippen LogP contribution in [-0.4, -0.2) is 55.2 Å². The van der Waals surface area contributed by atoms with Gasteiger partial charge in [-0.2, -0.15) is 0 Å². The number of morpholine rings is 1. The highest BCUT2D eigenvalue weighted by Gasteiger charge is 2.09. The smallest absolute Gasteiger partial charge is 0.252 e. The Kier molecular flexibility index (Phi) is 6.24. The van der Waals surface area contributed by atoms with Gasteiger partial charge in [-0.25, -0.2) is 4.98 Å². The van der Waals surface area contributed by atoms with Gasteiger partial charge in [0.15, 0.2) is 0 Å². The third-order valence-electron chi connectivity index (χ3n) is 3.28. The number of carbonyl (C=O) groups is 1. The van der Waals surface area contributed by atoms with Gasteiger partial charge in [0.05, 0.1) is 18.8 Å². The van der Waals surface area contributed by atoms with Crippen LogP contribution < -0.4 is 5.32 Å². The number of rotatable bonds is 6. The number of amides is 1. The Morgan fingerprint density at radius 1 is 1.35 bits per heavy atom. The van der Waals surface area contributed by atoms with Crippen LogP contribution in [0.25, 0.3) is 0 Å². The van der Waals surface area contributed by atoms with Gasteiger partial charge < -0.3 is 10.1 Å². The number of nitrogens with one attached hydrogen (secondary N) is 1. The lowest BCUT2D eigenvalue weighted by Gasteiger charge is -2.26. The zero-order valence-corrected chi connectivity index (χ0v) is 12.2. The van der Waals surface area contributed by atoms with E-state index >= 15 is 0 Å². The monoisotopic (exact) mass is 297 g/mol. The summed E-state index contributed by atoms with van der Waals surface area (Å²) < 4.78 is 5.30. The fourth-order valence-electron chi connectivity index (χ4n) is 2.10. The van der Waals surface area contributed by atoms with Gasteiger partial charge in [0.2, 0.25) is 0 Å². The average molecular weight is 298 g/mol. The third-order valence-corrected chi connectivity index (χ3v) is 3.50. The first kappa shape index (κ1) is 15.2. The number of halogens is 1. The lowest BCUT2D eigenvalue weighted by atomic mass is 10.2. The molecule has 1 aliphatic rings. The Balaban J connectivity index is 1.58.